The fourth-order valence-corrected chi connectivity index (χ4v) is 1.61. The zero-order chi connectivity index (χ0) is 14.5. The number of benzene rings is 1. The third-order valence-electron chi connectivity index (χ3n) is 2.10. The molecule has 5 nitrogen and oxygen atoms in total. The van der Waals surface area contributed by atoms with Gasteiger partial charge in [0.15, 0.2) is 0 Å². The van der Waals surface area contributed by atoms with Gasteiger partial charge in [-0.3, -0.25) is 4.84 Å². The van der Waals surface area contributed by atoms with E-state index in [1.807, 2.05) is 0 Å². The van der Waals surface area contributed by atoms with Crippen molar-refractivity contribution in [1.29, 1.82) is 0 Å². The van der Waals surface area contributed by atoms with Crippen molar-refractivity contribution in [3.63, 3.8) is 0 Å². The van der Waals surface area contributed by atoms with Crippen LogP contribution < -0.4 is 5.48 Å². The molecule has 1 amide bonds. The van der Waals surface area contributed by atoms with Crippen LogP contribution in [0.4, 0.5) is 4.79 Å². The SMILES string of the molecule is CC(C)(C)OC(=O)NOC(CO)c1ccccc1Cl. The van der Waals surface area contributed by atoms with Gasteiger partial charge in [-0.25, -0.2) is 4.79 Å². The van der Waals surface area contributed by atoms with Gasteiger partial charge >= 0.3 is 6.09 Å². The third-order valence-corrected chi connectivity index (χ3v) is 2.45. The lowest BCUT2D eigenvalue weighted by atomic mass is 10.1. The first-order valence-electron chi connectivity index (χ1n) is 5.83. The fourth-order valence-electron chi connectivity index (χ4n) is 1.35. The fraction of sp³-hybridized carbons (Fsp3) is 0.462. The highest BCUT2D eigenvalue weighted by Crippen LogP contribution is 2.24. The predicted molar refractivity (Wildman–Crippen MR) is 71.7 cm³/mol. The molecule has 2 N–H and O–H groups in total. The van der Waals surface area contributed by atoms with E-state index >= 15 is 0 Å². The van der Waals surface area contributed by atoms with E-state index in [0.717, 1.165) is 0 Å². The topological polar surface area (TPSA) is 67.8 Å². The minimum absolute atomic E-state index is 0.320. The number of nitrogens with one attached hydrogen (secondary N) is 1. The Kier molecular flexibility index (Phi) is 5.60. The summed E-state index contributed by atoms with van der Waals surface area (Å²) in [5, 5.41) is 9.73. The Morgan fingerprint density at radius 2 is 2.05 bits per heavy atom. The molecule has 0 aliphatic heterocycles. The van der Waals surface area contributed by atoms with Gasteiger partial charge in [-0.05, 0) is 26.8 Å². The molecule has 1 atom stereocenters. The molecule has 1 aromatic carbocycles. The molecule has 106 valence electrons. The normalized spacial score (nSPS) is 12.9. The molecule has 0 radical (unpaired) electrons. The highest BCUT2D eigenvalue weighted by molar-refractivity contribution is 6.31. The van der Waals surface area contributed by atoms with Crippen LogP contribution >= 0.6 is 11.6 Å². The second-order valence-electron chi connectivity index (χ2n) is 4.91. The highest BCUT2D eigenvalue weighted by Gasteiger charge is 2.19. The molecule has 0 heterocycles. The molecule has 0 bridgehead atoms. The Labute approximate surface area is 117 Å². The molecule has 0 saturated carbocycles. The summed E-state index contributed by atoms with van der Waals surface area (Å²) >= 11 is 5.98. The van der Waals surface area contributed by atoms with Crippen LogP contribution in [0.1, 0.15) is 32.4 Å². The van der Waals surface area contributed by atoms with E-state index in [1.54, 1.807) is 45.0 Å². The monoisotopic (exact) mass is 287 g/mol. The van der Waals surface area contributed by atoms with Crippen molar-refractivity contribution in [3.8, 4) is 0 Å². The first-order chi connectivity index (χ1) is 8.83. The molecule has 0 fully saturated rings. The Hall–Kier alpha value is -1.30. The van der Waals surface area contributed by atoms with Crippen LogP contribution in [0.2, 0.25) is 5.02 Å². The summed E-state index contributed by atoms with van der Waals surface area (Å²) in [7, 11) is 0. The highest BCUT2D eigenvalue weighted by atomic mass is 35.5. The molecule has 6 heteroatoms. The molecule has 0 aliphatic rings. The molecule has 0 saturated heterocycles. The molecule has 0 aliphatic carbocycles. The third kappa shape index (κ3) is 5.46. The van der Waals surface area contributed by atoms with Crippen molar-refractivity contribution in [1.82, 2.24) is 5.48 Å². The van der Waals surface area contributed by atoms with Gasteiger partial charge in [-0.2, -0.15) is 5.48 Å². The number of carbonyl (C=O) groups excluding carboxylic acids is 1. The van der Waals surface area contributed by atoms with Gasteiger partial charge in [0.1, 0.15) is 11.7 Å². The van der Waals surface area contributed by atoms with Gasteiger partial charge in [-0.15, -0.1) is 0 Å². The zero-order valence-electron chi connectivity index (χ0n) is 11.1. The number of aliphatic hydroxyl groups excluding tert-OH is 1. The van der Waals surface area contributed by atoms with E-state index in [2.05, 4.69) is 5.48 Å². The summed E-state index contributed by atoms with van der Waals surface area (Å²) < 4.78 is 5.01. The van der Waals surface area contributed by atoms with E-state index in [0.29, 0.717) is 10.6 Å². The molecule has 0 aromatic heterocycles. The smallest absolute Gasteiger partial charge is 0.431 e. The summed E-state index contributed by atoms with van der Waals surface area (Å²) in [6.45, 7) is 4.90. The average Bonchev–Trinajstić information content (AvgIpc) is 2.29. The maximum Gasteiger partial charge on any atom is 0.431 e. The number of rotatable bonds is 4. The van der Waals surface area contributed by atoms with Crippen molar-refractivity contribution in [2.75, 3.05) is 6.61 Å². The van der Waals surface area contributed by atoms with Crippen LogP contribution in [-0.2, 0) is 9.57 Å². The summed E-state index contributed by atoms with van der Waals surface area (Å²) in [4.78, 5) is 16.5. The minimum atomic E-state index is -0.749. The van der Waals surface area contributed by atoms with Crippen LogP contribution in [0.3, 0.4) is 0 Å². The van der Waals surface area contributed by atoms with E-state index in [1.165, 1.54) is 0 Å². The number of hydrogen-bond acceptors (Lipinski definition) is 4. The lowest BCUT2D eigenvalue weighted by Gasteiger charge is -2.21. The van der Waals surface area contributed by atoms with Gasteiger partial charge in [0.05, 0.1) is 6.61 Å². The standard InChI is InChI=1S/C13H18ClNO4/c1-13(2,3)18-12(17)15-19-11(8-16)9-6-4-5-7-10(9)14/h4-7,11,16H,8H2,1-3H3,(H,15,17). The largest absolute Gasteiger partial charge is 0.442 e. The second kappa shape index (κ2) is 6.75. The van der Waals surface area contributed by atoms with Gasteiger partial charge in [0.2, 0.25) is 0 Å². The van der Waals surface area contributed by atoms with Crippen LogP contribution in [0.5, 0.6) is 0 Å². The number of amides is 1. The number of carbonyl (C=O) groups is 1. The summed E-state index contributed by atoms with van der Waals surface area (Å²) in [5.41, 5.74) is 2.10. The Morgan fingerprint density at radius 1 is 1.42 bits per heavy atom. The molecular formula is C13H18ClNO4. The first-order valence-corrected chi connectivity index (χ1v) is 6.21. The predicted octanol–water partition coefficient (Wildman–Crippen LogP) is 2.83. The van der Waals surface area contributed by atoms with Crippen LogP contribution in [-0.4, -0.2) is 23.4 Å². The van der Waals surface area contributed by atoms with Crippen molar-refractivity contribution < 1.29 is 19.5 Å². The van der Waals surface area contributed by atoms with E-state index < -0.39 is 17.8 Å². The zero-order valence-corrected chi connectivity index (χ0v) is 11.9. The lowest BCUT2D eigenvalue weighted by molar-refractivity contribution is -0.0610. The Balaban J connectivity index is 2.59. The van der Waals surface area contributed by atoms with Crippen LogP contribution in [0.15, 0.2) is 24.3 Å². The maximum absolute atomic E-state index is 11.4. The molecule has 19 heavy (non-hydrogen) atoms. The van der Waals surface area contributed by atoms with Gasteiger partial charge < -0.3 is 9.84 Å². The number of hydroxylamine groups is 1. The molecular weight excluding hydrogens is 270 g/mol. The number of ether oxygens (including phenoxy) is 1. The molecule has 0 spiro atoms. The molecule has 1 rings (SSSR count). The maximum atomic E-state index is 11.4. The molecule has 1 aromatic rings. The first kappa shape index (κ1) is 15.8. The second-order valence-corrected chi connectivity index (χ2v) is 5.32. The van der Waals surface area contributed by atoms with Crippen LogP contribution in [0.25, 0.3) is 0 Å². The van der Waals surface area contributed by atoms with E-state index in [-0.39, 0.29) is 6.61 Å². The lowest BCUT2D eigenvalue weighted by Crippen LogP contribution is -2.34. The van der Waals surface area contributed by atoms with Crippen molar-refractivity contribution in [2.24, 2.45) is 0 Å². The Morgan fingerprint density at radius 3 is 2.58 bits per heavy atom. The van der Waals surface area contributed by atoms with Crippen LogP contribution in [0, 0.1) is 0 Å². The number of aliphatic hydroxyl groups is 1. The Bertz CT molecular complexity index is 431. The average molecular weight is 288 g/mol. The van der Waals surface area contributed by atoms with Gasteiger partial charge in [0.25, 0.3) is 0 Å². The van der Waals surface area contributed by atoms with Crippen molar-refractivity contribution in [3.05, 3.63) is 34.9 Å². The summed E-state index contributed by atoms with van der Waals surface area (Å²) in [6, 6.07) is 6.92. The summed E-state index contributed by atoms with van der Waals surface area (Å²) in [5.74, 6) is 0. The minimum Gasteiger partial charge on any atom is -0.442 e. The summed E-state index contributed by atoms with van der Waals surface area (Å²) in [6.07, 6.45) is -1.47. The van der Waals surface area contributed by atoms with Crippen molar-refractivity contribution in [2.45, 2.75) is 32.5 Å². The number of halogens is 1. The quantitative estimate of drug-likeness (QED) is 0.836. The van der Waals surface area contributed by atoms with Gasteiger partial charge in [0, 0.05) is 10.6 Å². The number of hydrogen-bond donors (Lipinski definition) is 2. The van der Waals surface area contributed by atoms with E-state index in [4.69, 9.17) is 21.2 Å². The molecule has 1 unspecified atom stereocenters. The van der Waals surface area contributed by atoms with Gasteiger partial charge in [-0.1, -0.05) is 29.8 Å². The van der Waals surface area contributed by atoms with E-state index in [9.17, 15) is 9.90 Å². The van der Waals surface area contributed by atoms with Crippen molar-refractivity contribution >= 4 is 17.7 Å².